The summed E-state index contributed by atoms with van der Waals surface area (Å²) >= 11 is 13.3. The molecule has 0 aliphatic carbocycles. The van der Waals surface area contributed by atoms with Gasteiger partial charge < -0.3 is 20.3 Å². The number of aromatic amines is 1. The number of piperidine rings is 1. The van der Waals surface area contributed by atoms with E-state index in [1.807, 2.05) is 4.90 Å². The van der Waals surface area contributed by atoms with Crippen molar-refractivity contribution in [3.8, 4) is 0 Å². The lowest BCUT2D eigenvalue weighted by atomic mass is 9.93. The third-order valence-corrected chi connectivity index (χ3v) is 7.65. The molecular formula is C17H20Cl2N4O4S2. The number of thiazole rings is 1. The van der Waals surface area contributed by atoms with Crippen molar-refractivity contribution in [1.29, 1.82) is 0 Å². The number of halogens is 2. The molecule has 1 fully saturated rings. The number of rotatable bonds is 6. The molecular weight excluding hydrogens is 459 g/mol. The molecule has 0 bridgehead atoms. The van der Waals surface area contributed by atoms with Crippen LogP contribution in [0.1, 0.15) is 32.3 Å². The van der Waals surface area contributed by atoms with Gasteiger partial charge in [-0.15, -0.1) is 0 Å². The van der Waals surface area contributed by atoms with E-state index in [0.717, 1.165) is 11.3 Å². The van der Waals surface area contributed by atoms with Gasteiger partial charge in [-0.2, -0.15) is 0 Å². The number of carbonyl (C=O) groups is 2. The average Bonchev–Trinajstić information content (AvgIpc) is 3.24. The highest BCUT2D eigenvalue weighted by molar-refractivity contribution is 7.84. The molecule has 1 aliphatic heterocycles. The number of carboxylic acid groups (broad SMARTS) is 1. The van der Waals surface area contributed by atoms with Crippen molar-refractivity contribution >= 4 is 62.3 Å². The normalized spacial score (nSPS) is 20.5. The summed E-state index contributed by atoms with van der Waals surface area (Å²) in [6.45, 7) is 2.82. The van der Waals surface area contributed by atoms with Gasteiger partial charge in [0.15, 0.2) is 5.13 Å². The zero-order valence-electron chi connectivity index (χ0n) is 15.7. The lowest BCUT2D eigenvalue weighted by Gasteiger charge is -2.38. The maximum Gasteiger partial charge on any atom is 0.347 e. The molecule has 0 spiro atoms. The third kappa shape index (κ3) is 4.93. The number of carbonyl (C=O) groups excluding carboxylic acids is 1. The van der Waals surface area contributed by atoms with Gasteiger partial charge in [0.2, 0.25) is 0 Å². The Bertz CT molecular complexity index is 961. The monoisotopic (exact) mass is 478 g/mol. The molecule has 2 aromatic rings. The smallest absolute Gasteiger partial charge is 0.347 e. The van der Waals surface area contributed by atoms with Crippen molar-refractivity contribution in [2.45, 2.75) is 19.4 Å². The molecule has 3 N–H and O–H groups in total. The molecule has 29 heavy (non-hydrogen) atoms. The maximum absolute atomic E-state index is 12.7. The van der Waals surface area contributed by atoms with Gasteiger partial charge >= 0.3 is 5.97 Å². The summed E-state index contributed by atoms with van der Waals surface area (Å²) in [6.07, 6.45) is 3.55. The van der Waals surface area contributed by atoms with Crippen LogP contribution in [0, 0.1) is 12.8 Å². The molecule has 3 heterocycles. The number of aromatic nitrogens is 2. The van der Waals surface area contributed by atoms with Crippen molar-refractivity contribution in [2.24, 2.45) is 5.92 Å². The second-order valence-corrected chi connectivity index (χ2v) is 10.1. The maximum atomic E-state index is 12.7. The summed E-state index contributed by atoms with van der Waals surface area (Å²) in [7, 11) is -1.06. The van der Waals surface area contributed by atoms with Crippen LogP contribution >= 0.6 is 34.5 Å². The summed E-state index contributed by atoms with van der Waals surface area (Å²) in [5, 5.41) is 13.2. The van der Waals surface area contributed by atoms with Crippen molar-refractivity contribution in [3.05, 3.63) is 32.5 Å². The molecule has 0 radical (unpaired) electrons. The Kier molecular flexibility index (Phi) is 6.87. The molecule has 8 nitrogen and oxygen atoms in total. The molecule has 1 saturated heterocycles. The Balaban J connectivity index is 1.74. The number of nitrogens with zero attached hydrogens (tertiary/aromatic N) is 2. The molecule has 12 heteroatoms. The standard InChI is InChI=1S/C17H20Cl2N4O4S2/c1-8-12(18)13(19)14(21-8)15(24)22-10-3-4-23(6-9(10)7-29(2)27)17-20-5-11(28-17)16(25)26/h5,9-10,21H,3-4,6-7H2,1-2H3,(H,22,24)(H,25,26). The minimum Gasteiger partial charge on any atom is -0.477 e. The number of amides is 1. The molecule has 158 valence electrons. The molecule has 0 saturated carbocycles. The summed E-state index contributed by atoms with van der Waals surface area (Å²) < 4.78 is 11.9. The Morgan fingerprint density at radius 3 is 2.72 bits per heavy atom. The topological polar surface area (TPSA) is 115 Å². The average molecular weight is 479 g/mol. The number of H-pyrrole nitrogens is 1. The minimum absolute atomic E-state index is 0.0963. The van der Waals surface area contributed by atoms with Crippen LogP contribution in [0.3, 0.4) is 0 Å². The lowest BCUT2D eigenvalue weighted by Crippen LogP contribution is -2.52. The Hall–Kier alpha value is -1.62. The van der Waals surface area contributed by atoms with Crippen molar-refractivity contribution < 1.29 is 18.9 Å². The molecule has 2 aromatic heterocycles. The van der Waals surface area contributed by atoms with Crippen LogP contribution in [0.2, 0.25) is 10.0 Å². The minimum atomic E-state index is -1.06. The number of aryl methyl sites for hydroxylation is 1. The Labute approximate surface area is 184 Å². The molecule has 3 unspecified atom stereocenters. The summed E-state index contributed by atoms with van der Waals surface area (Å²) in [5.74, 6) is -1.07. The Morgan fingerprint density at radius 1 is 1.45 bits per heavy atom. The van der Waals surface area contributed by atoms with E-state index in [4.69, 9.17) is 28.3 Å². The predicted molar refractivity (Wildman–Crippen MR) is 115 cm³/mol. The first-order chi connectivity index (χ1) is 13.7. The van der Waals surface area contributed by atoms with Gasteiger partial charge in [0.1, 0.15) is 10.6 Å². The summed E-state index contributed by atoms with van der Waals surface area (Å²) in [4.78, 5) is 33.0. The lowest BCUT2D eigenvalue weighted by molar-refractivity contribution is 0.0701. The number of aromatic carboxylic acids is 1. The fourth-order valence-corrected chi connectivity index (χ4v) is 5.49. The van der Waals surface area contributed by atoms with Crippen LogP contribution in [0.15, 0.2) is 6.20 Å². The third-order valence-electron chi connectivity index (χ3n) is 4.76. The SMILES string of the molecule is Cc1[nH]c(C(=O)NC2CCN(c3ncc(C(=O)O)s3)CC2CS(C)=O)c(Cl)c1Cl. The van der Waals surface area contributed by atoms with Crippen LogP contribution in [0.5, 0.6) is 0 Å². The van der Waals surface area contributed by atoms with Gasteiger partial charge in [0, 0.05) is 53.6 Å². The van der Waals surface area contributed by atoms with Gasteiger partial charge in [0.25, 0.3) is 5.91 Å². The van der Waals surface area contributed by atoms with Crippen molar-refractivity contribution in [2.75, 3.05) is 30.0 Å². The zero-order valence-corrected chi connectivity index (χ0v) is 18.8. The highest BCUT2D eigenvalue weighted by atomic mass is 35.5. The summed E-state index contributed by atoms with van der Waals surface area (Å²) in [5.41, 5.74) is 0.819. The number of hydrogen-bond donors (Lipinski definition) is 3. The van der Waals surface area contributed by atoms with E-state index in [9.17, 15) is 13.8 Å². The first-order valence-corrected chi connectivity index (χ1v) is 12.1. The quantitative estimate of drug-likeness (QED) is 0.587. The van der Waals surface area contributed by atoms with Gasteiger partial charge in [-0.25, -0.2) is 9.78 Å². The molecule has 1 amide bonds. The van der Waals surface area contributed by atoms with Crippen LogP contribution in [0.4, 0.5) is 5.13 Å². The number of anilines is 1. The first-order valence-electron chi connectivity index (χ1n) is 8.75. The molecule has 0 aromatic carbocycles. The summed E-state index contributed by atoms with van der Waals surface area (Å²) in [6, 6.07) is -0.208. The predicted octanol–water partition coefficient (Wildman–Crippen LogP) is 2.79. The van der Waals surface area contributed by atoms with Crippen LogP contribution in [-0.4, -0.2) is 62.3 Å². The van der Waals surface area contributed by atoms with E-state index in [-0.39, 0.29) is 33.5 Å². The van der Waals surface area contributed by atoms with E-state index in [0.29, 0.717) is 41.1 Å². The number of nitrogens with one attached hydrogen (secondary N) is 2. The van der Waals surface area contributed by atoms with Crippen LogP contribution in [-0.2, 0) is 10.8 Å². The highest BCUT2D eigenvalue weighted by Gasteiger charge is 2.33. The molecule has 3 atom stereocenters. The van der Waals surface area contributed by atoms with E-state index in [1.54, 1.807) is 13.2 Å². The van der Waals surface area contributed by atoms with Crippen molar-refractivity contribution in [3.63, 3.8) is 0 Å². The van der Waals surface area contributed by atoms with E-state index >= 15 is 0 Å². The Morgan fingerprint density at radius 2 is 2.17 bits per heavy atom. The number of hydrogen-bond acceptors (Lipinski definition) is 6. The second-order valence-electron chi connectivity index (χ2n) is 6.88. The van der Waals surface area contributed by atoms with E-state index in [1.165, 1.54) is 6.20 Å². The van der Waals surface area contributed by atoms with Crippen molar-refractivity contribution in [1.82, 2.24) is 15.3 Å². The van der Waals surface area contributed by atoms with Gasteiger partial charge in [-0.1, -0.05) is 34.5 Å². The van der Waals surface area contributed by atoms with Gasteiger partial charge in [-0.3, -0.25) is 9.00 Å². The van der Waals surface area contributed by atoms with Crippen LogP contribution in [0.25, 0.3) is 0 Å². The zero-order chi connectivity index (χ0) is 21.3. The largest absolute Gasteiger partial charge is 0.477 e. The van der Waals surface area contributed by atoms with Gasteiger partial charge in [-0.05, 0) is 13.3 Å². The molecule has 1 aliphatic rings. The fraction of sp³-hybridized carbons (Fsp3) is 0.471. The van der Waals surface area contributed by atoms with E-state index < -0.39 is 16.8 Å². The highest BCUT2D eigenvalue weighted by Crippen LogP contribution is 2.31. The number of carboxylic acids is 1. The first kappa shape index (κ1) is 22.1. The van der Waals surface area contributed by atoms with Crippen LogP contribution < -0.4 is 10.2 Å². The van der Waals surface area contributed by atoms with Gasteiger partial charge in [0.05, 0.1) is 16.2 Å². The second kappa shape index (κ2) is 9.03. The molecule has 3 rings (SSSR count). The fourth-order valence-electron chi connectivity index (χ4n) is 3.34. The van der Waals surface area contributed by atoms with E-state index in [2.05, 4.69) is 15.3 Å².